The van der Waals surface area contributed by atoms with E-state index in [-0.39, 0.29) is 22.8 Å². The van der Waals surface area contributed by atoms with Gasteiger partial charge in [-0.2, -0.15) is 0 Å². The number of rotatable bonds is 3. The first-order valence-corrected chi connectivity index (χ1v) is 13.6. The van der Waals surface area contributed by atoms with E-state index in [1.54, 1.807) is 24.3 Å². The fraction of sp³-hybridized carbons (Fsp3) is 0.206. The molecule has 5 aromatic carbocycles. The van der Waals surface area contributed by atoms with E-state index < -0.39 is 5.79 Å². The number of nitrogens with zero attached hydrogens (tertiary/aromatic N) is 2. The molecule has 0 amide bonds. The van der Waals surface area contributed by atoms with E-state index in [2.05, 4.69) is 83.6 Å². The molecule has 0 aliphatic carbocycles. The summed E-state index contributed by atoms with van der Waals surface area (Å²) < 4.78 is 15.1. The third-order valence-electron chi connectivity index (χ3n) is 8.10. The molecular formula is C34H29N2O4+. The number of ether oxygens (including phenoxy) is 2. The normalized spacial score (nSPS) is 19.9. The molecule has 2 atom stereocenters. The van der Waals surface area contributed by atoms with Crippen LogP contribution < -0.4 is 0 Å². The molecule has 2 aliphatic heterocycles. The van der Waals surface area contributed by atoms with Crippen LogP contribution >= 0.6 is 0 Å². The van der Waals surface area contributed by atoms with Gasteiger partial charge in [0, 0.05) is 34.4 Å². The maximum Gasteiger partial charge on any atom is 0.269 e. The Labute approximate surface area is 232 Å². The van der Waals surface area contributed by atoms with Crippen LogP contribution in [0, 0.1) is 10.1 Å². The maximum absolute atomic E-state index is 11.3. The number of nitro groups is 1. The quantitative estimate of drug-likeness (QED) is 0.139. The van der Waals surface area contributed by atoms with Crippen molar-refractivity contribution in [2.24, 2.45) is 0 Å². The summed E-state index contributed by atoms with van der Waals surface area (Å²) >= 11 is 0. The van der Waals surface area contributed by atoms with Gasteiger partial charge in [-0.15, -0.1) is 0 Å². The fourth-order valence-electron chi connectivity index (χ4n) is 6.19. The SMILES string of the molecule is CC1(C)OC[C@H]([N+]2=Cc3ccc4ccccc4c3-c3c(ccc4ccccc34)C2)[C@H](c2ccc([N+](=O)[O-])cc2)O1. The first-order valence-electron chi connectivity index (χ1n) is 13.6. The topological polar surface area (TPSA) is 64.6 Å². The number of benzene rings is 5. The third kappa shape index (κ3) is 4.17. The van der Waals surface area contributed by atoms with Crippen molar-refractivity contribution in [2.45, 2.75) is 38.3 Å². The molecule has 198 valence electrons. The minimum absolute atomic E-state index is 0.0644. The Morgan fingerprint density at radius 1 is 0.825 bits per heavy atom. The number of hydrogen-bond donors (Lipinski definition) is 0. The lowest BCUT2D eigenvalue weighted by molar-refractivity contribution is -0.607. The van der Waals surface area contributed by atoms with Crippen molar-refractivity contribution in [1.29, 1.82) is 0 Å². The molecule has 0 saturated carbocycles. The average molecular weight is 530 g/mol. The van der Waals surface area contributed by atoms with Crippen molar-refractivity contribution in [1.82, 2.24) is 0 Å². The van der Waals surface area contributed by atoms with Gasteiger partial charge in [-0.1, -0.05) is 66.7 Å². The first kappa shape index (κ1) is 24.6. The van der Waals surface area contributed by atoms with Crippen LogP contribution in [0.3, 0.4) is 0 Å². The van der Waals surface area contributed by atoms with E-state index in [1.807, 2.05) is 13.8 Å². The fourth-order valence-corrected chi connectivity index (χ4v) is 6.19. The number of non-ortho nitro benzene ring substituents is 1. The van der Waals surface area contributed by atoms with Gasteiger partial charge in [-0.25, -0.2) is 4.58 Å². The van der Waals surface area contributed by atoms with Gasteiger partial charge in [0.1, 0.15) is 12.7 Å². The minimum Gasteiger partial charge on any atom is -0.343 e. The molecular weight excluding hydrogens is 500 g/mol. The summed E-state index contributed by atoms with van der Waals surface area (Å²) in [5.41, 5.74) is 5.82. The molecule has 2 aliphatic rings. The highest BCUT2D eigenvalue weighted by atomic mass is 16.7. The second-order valence-corrected chi connectivity index (χ2v) is 11.0. The zero-order valence-electron chi connectivity index (χ0n) is 22.4. The van der Waals surface area contributed by atoms with Crippen molar-refractivity contribution < 1.29 is 19.0 Å². The lowest BCUT2D eigenvalue weighted by atomic mass is 9.88. The predicted molar refractivity (Wildman–Crippen MR) is 157 cm³/mol. The predicted octanol–water partition coefficient (Wildman–Crippen LogP) is 7.41. The zero-order chi connectivity index (χ0) is 27.4. The first-order chi connectivity index (χ1) is 19.4. The van der Waals surface area contributed by atoms with Gasteiger partial charge in [0.2, 0.25) is 6.04 Å². The zero-order valence-corrected chi connectivity index (χ0v) is 22.4. The maximum atomic E-state index is 11.3. The molecule has 0 radical (unpaired) electrons. The highest BCUT2D eigenvalue weighted by Gasteiger charge is 2.44. The Kier molecular flexibility index (Phi) is 5.77. The van der Waals surface area contributed by atoms with Crippen molar-refractivity contribution in [3.05, 3.63) is 124 Å². The molecule has 5 aromatic rings. The van der Waals surface area contributed by atoms with Crippen molar-refractivity contribution >= 4 is 33.4 Å². The average Bonchev–Trinajstić information content (AvgIpc) is 3.14. The third-order valence-corrected chi connectivity index (χ3v) is 8.10. The molecule has 0 spiro atoms. The lowest BCUT2D eigenvalue weighted by Gasteiger charge is -2.39. The molecule has 6 nitrogen and oxygen atoms in total. The summed E-state index contributed by atoms with van der Waals surface area (Å²) in [5, 5.41) is 16.2. The minimum atomic E-state index is -0.781. The Hall–Kier alpha value is -4.39. The van der Waals surface area contributed by atoms with E-state index in [9.17, 15) is 10.1 Å². The molecule has 40 heavy (non-hydrogen) atoms. The molecule has 6 heteroatoms. The van der Waals surface area contributed by atoms with E-state index in [0.717, 1.165) is 11.1 Å². The molecule has 0 aromatic heterocycles. The van der Waals surface area contributed by atoms with Crippen LogP contribution in [-0.2, 0) is 16.0 Å². The standard InChI is InChI=1S/C34H29N2O4/c1-34(2)39-21-30(33(40-34)24-15-17-27(18-16-24)36(37)38)35-19-25-13-11-22-7-3-5-9-28(22)31(25)32-26(20-35)14-12-23-8-4-6-10-29(23)32/h3-19,30,33H,20-21H2,1-2H3/q+1/t30-,33-/m0/s1. The van der Waals surface area contributed by atoms with Crippen molar-refractivity contribution in [3.63, 3.8) is 0 Å². The monoisotopic (exact) mass is 529 g/mol. The van der Waals surface area contributed by atoms with E-state index in [1.165, 1.54) is 38.2 Å². The van der Waals surface area contributed by atoms with Crippen LogP contribution in [0.5, 0.6) is 0 Å². The molecule has 0 unspecified atom stereocenters. The van der Waals surface area contributed by atoms with Crippen LogP contribution in [-0.4, -0.2) is 34.1 Å². The van der Waals surface area contributed by atoms with E-state index in [4.69, 9.17) is 9.47 Å². The second kappa shape index (κ2) is 9.37. The number of hydrogen-bond acceptors (Lipinski definition) is 4. The molecule has 2 heterocycles. The Balaban J connectivity index is 1.43. The van der Waals surface area contributed by atoms with Gasteiger partial charge in [-0.3, -0.25) is 10.1 Å². The molecule has 0 bridgehead atoms. The van der Waals surface area contributed by atoms with Crippen LogP contribution in [0.1, 0.15) is 36.6 Å². The summed E-state index contributed by atoms with van der Waals surface area (Å²) in [6.45, 7) is 4.95. The summed E-state index contributed by atoms with van der Waals surface area (Å²) in [4.78, 5) is 10.9. The van der Waals surface area contributed by atoms with Gasteiger partial charge in [0.05, 0.1) is 4.92 Å². The number of fused-ring (bicyclic) bond motifs is 7. The molecule has 0 N–H and O–H groups in total. The second-order valence-electron chi connectivity index (χ2n) is 11.0. The van der Waals surface area contributed by atoms with Gasteiger partial charge < -0.3 is 9.47 Å². The summed E-state index contributed by atoms with van der Waals surface area (Å²) in [7, 11) is 0. The van der Waals surface area contributed by atoms with Crippen LogP contribution in [0.2, 0.25) is 0 Å². The Morgan fingerprint density at radius 3 is 2.17 bits per heavy atom. The highest BCUT2D eigenvalue weighted by Crippen LogP contribution is 2.42. The summed E-state index contributed by atoms with van der Waals surface area (Å²) in [5.74, 6) is -0.781. The Bertz CT molecular complexity index is 1820. The van der Waals surface area contributed by atoms with Crippen molar-refractivity contribution in [2.75, 3.05) is 6.61 Å². The van der Waals surface area contributed by atoms with Gasteiger partial charge in [0.25, 0.3) is 5.69 Å². The Morgan fingerprint density at radius 2 is 1.48 bits per heavy atom. The van der Waals surface area contributed by atoms with Gasteiger partial charge >= 0.3 is 0 Å². The van der Waals surface area contributed by atoms with Crippen LogP contribution in [0.25, 0.3) is 32.7 Å². The number of nitro benzene ring substituents is 1. The van der Waals surface area contributed by atoms with Gasteiger partial charge in [-0.05, 0) is 59.2 Å². The van der Waals surface area contributed by atoms with Gasteiger partial charge in [0.15, 0.2) is 18.5 Å². The summed E-state index contributed by atoms with van der Waals surface area (Å²) in [6.07, 6.45) is 1.90. The largest absolute Gasteiger partial charge is 0.343 e. The molecule has 1 saturated heterocycles. The van der Waals surface area contributed by atoms with E-state index in [0.29, 0.717) is 13.2 Å². The van der Waals surface area contributed by atoms with Crippen LogP contribution in [0.4, 0.5) is 5.69 Å². The molecule has 7 rings (SSSR count). The van der Waals surface area contributed by atoms with Crippen LogP contribution in [0.15, 0.2) is 97.1 Å². The lowest BCUT2D eigenvalue weighted by Crippen LogP contribution is -2.49. The van der Waals surface area contributed by atoms with Crippen molar-refractivity contribution in [3.8, 4) is 11.1 Å². The van der Waals surface area contributed by atoms with E-state index >= 15 is 0 Å². The highest BCUT2D eigenvalue weighted by molar-refractivity contribution is 6.11. The smallest absolute Gasteiger partial charge is 0.269 e. The summed E-state index contributed by atoms with van der Waals surface area (Å²) in [6, 6.07) is 32.5. The molecule has 1 fully saturated rings.